The minimum Gasteiger partial charge on any atom is -0.493 e. The van der Waals surface area contributed by atoms with Gasteiger partial charge in [0.15, 0.2) is 11.5 Å². The van der Waals surface area contributed by atoms with Gasteiger partial charge in [0.1, 0.15) is 6.61 Å². The monoisotopic (exact) mass is 265 g/mol. The molecule has 0 aliphatic rings. The molecule has 0 fully saturated rings. The van der Waals surface area contributed by atoms with E-state index in [1.165, 1.54) is 0 Å². The van der Waals surface area contributed by atoms with Crippen LogP contribution in [0.3, 0.4) is 0 Å². The lowest BCUT2D eigenvalue weighted by Gasteiger charge is -2.16. The van der Waals surface area contributed by atoms with Crippen molar-refractivity contribution in [2.45, 2.75) is 26.5 Å². The van der Waals surface area contributed by atoms with Gasteiger partial charge in [0, 0.05) is 18.7 Å². The zero-order chi connectivity index (χ0) is 14.3. The second-order valence-electron chi connectivity index (χ2n) is 4.67. The molecule has 19 heavy (non-hydrogen) atoms. The third-order valence-corrected chi connectivity index (χ3v) is 2.50. The molecule has 0 aromatic heterocycles. The summed E-state index contributed by atoms with van der Waals surface area (Å²) >= 11 is 0. The molecule has 0 aliphatic heterocycles. The van der Waals surface area contributed by atoms with Crippen molar-refractivity contribution in [1.82, 2.24) is 5.32 Å². The van der Waals surface area contributed by atoms with Gasteiger partial charge in [-0.3, -0.25) is 0 Å². The van der Waals surface area contributed by atoms with Gasteiger partial charge in [-0.05, 0) is 25.5 Å². The summed E-state index contributed by atoms with van der Waals surface area (Å²) in [6.45, 7) is 9.11. The number of aliphatic hydroxyl groups is 1. The average molecular weight is 265 g/mol. The molecular formula is C15H23NO3. The Morgan fingerprint density at radius 1 is 1.47 bits per heavy atom. The maximum absolute atomic E-state index is 9.25. The molecule has 1 unspecified atom stereocenters. The third kappa shape index (κ3) is 5.32. The van der Waals surface area contributed by atoms with Gasteiger partial charge in [0.2, 0.25) is 0 Å². The van der Waals surface area contributed by atoms with E-state index in [-0.39, 0.29) is 6.10 Å². The number of aliphatic hydroxyl groups excluding tert-OH is 1. The zero-order valence-corrected chi connectivity index (χ0v) is 11.9. The summed E-state index contributed by atoms with van der Waals surface area (Å²) in [6, 6.07) is 5.77. The summed E-state index contributed by atoms with van der Waals surface area (Å²) < 4.78 is 11.1. The number of nitrogens with one attached hydrogen (secondary N) is 1. The quantitative estimate of drug-likeness (QED) is 0.707. The van der Waals surface area contributed by atoms with Crippen LogP contribution in [0.1, 0.15) is 19.4 Å². The molecule has 1 aromatic rings. The summed E-state index contributed by atoms with van der Waals surface area (Å²) in [5.74, 6) is 1.43. The van der Waals surface area contributed by atoms with Crippen LogP contribution in [0.15, 0.2) is 30.4 Å². The summed E-state index contributed by atoms with van der Waals surface area (Å²) in [4.78, 5) is 0. The highest BCUT2D eigenvalue weighted by atomic mass is 16.5. The summed E-state index contributed by atoms with van der Waals surface area (Å²) in [6.07, 6.45) is -0.370. The molecule has 0 spiro atoms. The first-order chi connectivity index (χ1) is 9.04. The molecule has 0 amide bonds. The Bertz CT molecular complexity index is 416. The van der Waals surface area contributed by atoms with E-state index < -0.39 is 0 Å². The first-order valence-electron chi connectivity index (χ1n) is 6.36. The summed E-state index contributed by atoms with van der Waals surface area (Å²) in [5.41, 5.74) is 1.95. The van der Waals surface area contributed by atoms with E-state index in [4.69, 9.17) is 9.47 Å². The molecule has 0 saturated heterocycles. The minimum atomic E-state index is -0.370. The molecule has 0 heterocycles. The lowest BCUT2D eigenvalue weighted by molar-refractivity contribution is 0.190. The van der Waals surface area contributed by atoms with Crippen LogP contribution >= 0.6 is 0 Å². The minimum absolute atomic E-state index is 0.370. The van der Waals surface area contributed by atoms with Gasteiger partial charge in [-0.25, -0.2) is 0 Å². The van der Waals surface area contributed by atoms with Crippen molar-refractivity contribution in [2.24, 2.45) is 0 Å². The van der Waals surface area contributed by atoms with E-state index in [0.717, 1.165) is 16.9 Å². The largest absolute Gasteiger partial charge is 0.493 e. The van der Waals surface area contributed by atoms with E-state index in [9.17, 15) is 5.11 Å². The molecule has 106 valence electrons. The van der Waals surface area contributed by atoms with Crippen molar-refractivity contribution < 1.29 is 14.6 Å². The molecule has 4 heteroatoms. The van der Waals surface area contributed by atoms with Gasteiger partial charge < -0.3 is 19.9 Å². The van der Waals surface area contributed by atoms with Crippen LogP contribution in [0.4, 0.5) is 0 Å². The highest BCUT2D eigenvalue weighted by Crippen LogP contribution is 2.31. The maximum atomic E-state index is 9.25. The smallest absolute Gasteiger partial charge is 0.166 e. The Labute approximate surface area is 115 Å². The normalized spacial score (nSPS) is 12.0. The van der Waals surface area contributed by atoms with Gasteiger partial charge in [0.25, 0.3) is 0 Å². The van der Waals surface area contributed by atoms with Crippen LogP contribution in [0, 0.1) is 0 Å². The molecule has 0 aliphatic carbocycles. The molecule has 1 atom stereocenters. The third-order valence-electron chi connectivity index (χ3n) is 2.50. The van der Waals surface area contributed by atoms with Crippen molar-refractivity contribution in [3.8, 4) is 11.5 Å². The summed E-state index contributed by atoms with van der Waals surface area (Å²) in [7, 11) is 1.62. The number of hydrogen-bond donors (Lipinski definition) is 2. The fourth-order valence-electron chi connectivity index (χ4n) is 1.64. The lowest BCUT2D eigenvalue weighted by Crippen LogP contribution is -2.24. The highest BCUT2D eigenvalue weighted by molar-refractivity contribution is 5.46. The van der Waals surface area contributed by atoms with Crippen LogP contribution in [0.25, 0.3) is 0 Å². The molecule has 0 radical (unpaired) electrons. The van der Waals surface area contributed by atoms with E-state index in [2.05, 4.69) is 11.9 Å². The van der Waals surface area contributed by atoms with Crippen LogP contribution in [0.5, 0.6) is 11.5 Å². The second-order valence-corrected chi connectivity index (χ2v) is 4.67. The summed E-state index contributed by atoms with van der Waals surface area (Å²) in [5, 5.41) is 12.4. The lowest BCUT2D eigenvalue weighted by atomic mass is 10.1. The van der Waals surface area contributed by atoms with Crippen molar-refractivity contribution in [2.75, 3.05) is 20.3 Å². The molecular weight excluding hydrogens is 242 g/mol. The van der Waals surface area contributed by atoms with Gasteiger partial charge in [-0.1, -0.05) is 18.7 Å². The Balaban J connectivity index is 2.79. The number of ether oxygens (including phenoxy) is 2. The SMILES string of the molecule is C=C(C)COc1c(CNCC(C)O)cccc1OC. The number of benzene rings is 1. The number of methoxy groups -OCH3 is 1. The molecule has 4 nitrogen and oxygen atoms in total. The molecule has 1 rings (SSSR count). The van der Waals surface area contributed by atoms with Crippen LogP contribution in [0.2, 0.25) is 0 Å². The van der Waals surface area contributed by atoms with Gasteiger partial charge in [-0.15, -0.1) is 0 Å². The standard InChI is InChI=1S/C15H23NO3/c1-11(2)10-19-15-13(9-16-8-12(3)17)6-5-7-14(15)18-4/h5-7,12,16-17H,1,8-10H2,2-4H3. The average Bonchev–Trinajstić information content (AvgIpc) is 2.36. The van der Waals surface area contributed by atoms with Crippen LogP contribution < -0.4 is 14.8 Å². The Kier molecular flexibility index (Phi) is 6.39. The van der Waals surface area contributed by atoms with E-state index in [1.807, 2.05) is 25.1 Å². The zero-order valence-electron chi connectivity index (χ0n) is 11.9. The second kappa shape index (κ2) is 7.81. The topological polar surface area (TPSA) is 50.7 Å². The molecule has 0 saturated carbocycles. The highest BCUT2D eigenvalue weighted by Gasteiger charge is 2.10. The molecule has 2 N–H and O–H groups in total. The maximum Gasteiger partial charge on any atom is 0.166 e. The first-order valence-corrected chi connectivity index (χ1v) is 6.36. The number of rotatable bonds is 8. The fraction of sp³-hybridized carbons (Fsp3) is 0.467. The van der Waals surface area contributed by atoms with Crippen molar-refractivity contribution in [3.05, 3.63) is 35.9 Å². The number of para-hydroxylation sites is 1. The molecule has 0 bridgehead atoms. The number of hydrogen-bond acceptors (Lipinski definition) is 4. The van der Waals surface area contributed by atoms with E-state index in [0.29, 0.717) is 25.4 Å². The Hall–Kier alpha value is -1.52. The molecule has 1 aromatic carbocycles. The van der Waals surface area contributed by atoms with E-state index >= 15 is 0 Å². The van der Waals surface area contributed by atoms with Crippen LogP contribution in [-0.2, 0) is 6.54 Å². The van der Waals surface area contributed by atoms with Crippen molar-refractivity contribution in [1.29, 1.82) is 0 Å². The fourth-order valence-corrected chi connectivity index (χ4v) is 1.64. The predicted molar refractivity (Wildman–Crippen MR) is 76.7 cm³/mol. The van der Waals surface area contributed by atoms with Gasteiger partial charge >= 0.3 is 0 Å². The van der Waals surface area contributed by atoms with Crippen molar-refractivity contribution >= 4 is 0 Å². The van der Waals surface area contributed by atoms with Crippen molar-refractivity contribution in [3.63, 3.8) is 0 Å². The predicted octanol–water partition coefficient (Wildman–Crippen LogP) is 2.12. The van der Waals surface area contributed by atoms with Crippen LogP contribution in [-0.4, -0.2) is 31.5 Å². The van der Waals surface area contributed by atoms with E-state index in [1.54, 1.807) is 14.0 Å². The van der Waals surface area contributed by atoms with Gasteiger partial charge in [-0.2, -0.15) is 0 Å². The Morgan fingerprint density at radius 3 is 2.79 bits per heavy atom. The first kappa shape index (κ1) is 15.5. The Morgan fingerprint density at radius 2 is 2.21 bits per heavy atom. The van der Waals surface area contributed by atoms with Gasteiger partial charge in [0.05, 0.1) is 13.2 Å².